The number of hydrogen-bond acceptors (Lipinski definition) is 3. The van der Waals surface area contributed by atoms with Crippen molar-refractivity contribution in [3.8, 4) is 0 Å². The van der Waals surface area contributed by atoms with E-state index in [1.807, 2.05) is 0 Å². The molecule has 0 heterocycles. The van der Waals surface area contributed by atoms with Crippen LogP contribution >= 0.6 is 0 Å². The Labute approximate surface area is 67.4 Å². The zero-order valence-electron chi connectivity index (χ0n) is 7.39. The van der Waals surface area contributed by atoms with Crippen LogP contribution in [0.2, 0.25) is 0 Å². The first kappa shape index (κ1) is 10.6. The van der Waals surface area contributed by atoms with Crippen LogP contribution in [0.25, 0.3) is 0 Å². The molecule has 3 nitrogen and oxygen atoms in total. The third-order valence-corrected chi connectivity index (χ3v) is 1.49. The standard InChI is InChI=1S/C8H16O3/c1-4-8(10,11-5-2)6-7(3)9/h10H,4-6H2,1-3H3. The number of carbonyl (C=O) groups is 1. The number of carbonyl (C=O) groups excluding carboxylic acids is 1. The molecule has 1 atom stereocenters. The van der Waals surface area contributed by atoms with Crippen molar-refractivity contribution in [3.63, 3.8) is 0 Å². The summed E-state index contributed by atoms with van der Waals surface area (Å²) >= 11 is 0. The van der Waals surface area contributed by atoms with E-state index in [0.717, 1.165) is 0 Å². The Kier molecular flexibility index (Phi) is 4.30. The lowest BCUT2D eigenvalue weighted by molar-refractivity contribution is -0.205. The van der Waals surface area contributed by atoms with Crippen LogP contribution in [0, 0.1) is 0 Å². The number of Topliss-reactive ketones (excluding diaryl/α,β-unsaturated/α-hetero) is 1. The Bertz CT molecular complexity index is 133. The van der Waals surface area contributed by atoms with Crippen molar-refractivity contribution in [2.75, 3.05) is 6.61 Å². The first-order valence-electron chi connectivity index (χ1n) is 3.90. The lowest BCUT2D eigenvalue weighted by Crippen LogP contribution is -2.33. The second-order valence-corrected chi connectivity index (χ2v) is 2.61. The molecule has 0 aromatic rings. The normalized spacial score (nSPS) is 16.0. The van der Waals surface area contributed by atoms with Crippen molar-refractivity contribution in [1.82, 2.24) is 0 Å². The van der Waals surface area contributed by atoms with Gasteiger partial charge in [-0.25, -0.2) is 0 Å². The predicted molar refractivity (Wildman–Crippen MR) is 42.2 cm³/mol. The van der Waals surface area contributed by atoms with E-state index in [9.17, 15) is 9.90 Å². The quantitative estimate of drug-likeness (QED) is 0.612. The minimum absolute atomic E-state index is 0.0530. The Hall–Kier alpha value is -0.410. The fraction of sp³-hybridized carbons (Fsp3) is 0.875. The summed E-state index contributed by atoms with van der Waals surface area (Å²) < 4.78 is 5.02. The molecule has 1 unspecified atom stereocenters. The summed E-state index contributed by atoms with van der Waals surface area (Å²) in [6.45, 7) is 5.45. The van der Waals surface area contributed by atoms with Crippen LogP contribution in [-0.4, -0.2) is 23.3 Å². The molecule has 0 rings (SSSR count). The van der Waals surface area contributed by atoms with Gasteiger partial charge in [-0.3, -0.25) is 4.79 Å². The molecule has 3 heteroatoms. The van der Waals surface area contributed by atoms with Crippen LogP contribution in [-0.2, 0) is 9.53 Å². The molecule has 0 radical (unpaired) electrons. The summed E-state index contributed by atoms with van der Waals surface area (Å²) in [5, 5.41) is 9.55. The largest absolute Gasteiger partial charge is 0.365 e. The summed E-state index contributed by atoms with van der Waals surface area (Å²) in [4.78, 5) is 10.7. The van der Waals surface area contributed by atoms with Gasteiger partial charge in [0.15, 0.2) is 5.79 Å². The summed E-state index contributed by atoms with van der Waals surface area (Å²) in [6.07, 6.45) is 0.526. The smallest absolute Gasteiger partial charge is 0.172 e. The molecule has 0 amide bonds. The predicted octanol–water partition coefficient (Wildman–Crippen LogP) is 1.10. The first-order valence-corrected chi connectivity index (χ1v) is 3.90. The average molecular weight is 160 g/mol. The minimum atomic E-state index is -1.24. The molecule has 0 saturated heterocycles. The van der Waals surface area contributed by atoms with Crippen molar-refractivity contribution in [3.05, 3.63) is 0 Å². The van der Waals surface area contributed by atoms with Crippen molar-refractivity contribution in [2.45, 2.75) is 39.4 Å². The molecule has 1 N–H and O–H groups in total. The van der Waals surface area contributed by atoms with E-state index in [-0.39, 0.29) is 12.2 Å². The SMILES string of the molecule is CCOC(O)(CC)CC(C)=O. The number of aliphatic hydroxyl groups is 1. The fourth-order valence-electron chi connectivity index (χ4n) is 0.936. The molecule has 0 fully saturated rings. The maximum atomic E-state index is 10.7. The van der Waals surface area contributed by atoms with Crippen LogP contribution < -0.4 is 0 Å². The van der Waals surface area contributed by atoms with Gasteiger partial charge in [0.2, 0.25) is 0 Å². The maximum Gasteiger partial charge on any atom is 0.172 e. The Morgan fingerprint density at radius 1 is 1.55 bits per heavy atom. The van der Waals surface area contributed by atoms with Gasteiger partial charge in [0.05, 0.1) is 6.42 Å². The van der Waals surface area contributed by atoms with E-state index < -0.39 is 5.79 Å². The molecule has 0 aromatic heterocycles. The highest BCUT2D eigenvalue weighted by atomic mass is 16.6. The van der Waals surface area contributed by atoms with Gasteiger partial charge < -0.3 is 9.84 Å². The monoisotopic (exact) mass is 160 g/mol. The summed E-state index contributed by atoms with van der Waals surface area (Å²) in [5.41, 5.74) is 0. The molecular weight excluding hydrogens is 144 g/mol. The van der Waals surface area contributed by atoms with E-state index in [4.69, 9.17) is 4.74 Å². The van der Waals surface area contributed by atoms with Crippen molar-refractivity contribution < 1.29 is 14.6 Å². The summed E-state index contributed by atoms with van der Waals surface area (Å²) in [5.74, 6) is -1.29. The summed E-state index contributed by atoms with van der Waals surface area (Å²) in [7, 11) is 0. The van der Waals surface area contributed by atoms with Gasteiger partial charge in [-0.15, -0.1) is 0 Å². The average Bonchev–Trinajstić information content (AvgIpc) is 1.87. The Morgan fingerprint density at radius 3 is 2.36 bits per heavy atom. The maximum absolute atomic E-state index is 10.7. The van der Waals surface area contributed by atoms with E-state index >= 15 is 0 Å². The van der Waals surface area contributed by atoms with Crippen LogP contribution in [0.3, 0.4) is 0 Å². The van der Waals surface area contributed by atoms with E-state index in [2.05, 4.69) is 0 Å². The molecular formula is C8H16O3. The third-order valence-electron chi connectivity index (χ3n) is 1.49. The van der Waals surface area contributed by atoms with Gasteiger partial charge in [0.1, 0.15) is 5.78 Å². The van der Waals surface area contributed by atoms with Crippen LogP contribution in [0.5, 0.6) is 0 Å². The second kappa shape index (κ2) is 4.46. The first-order chi connectivity index (χ1) is 5.04. The molecule has 0 bridgehead atoms. The van der Waals surface area contributed by atoms with Gasteiger partial charge in [-0.2, -0.15) is 0 Å². The number of ketones is 1. The van der Waals surface area contributed by atoms with Crippen molar-refractivity contribution in [2.24, 2.45) is 0 Å². The Morgan fingerprint density at radius 2 is 2.09 bits per heavy atom. The van der Waals surface area contributed by atoms with E-state index in [0.29, 0.717) is 13.0 Å². The molecule has 0 aromatic carbocycles. The highest BCUT2D eigenvalue weighted by Crippen LogP contribution is 2.16. The van der Waals surface area contributed by atoms with Gasteiger partial charge in [0.25, 0.3) is 0 Å². The minimum Gasteiger partial charge on any atom is -0.365 e. The number of hydrogen-bond donors (Lipinski definition) is 1. The number of rotatable bonds is 5. The second-order valence-electron chi connectivity index (χ2n) is 2.61. The van der Waals surface area contributed by atoms with Gasteiger partial charge in [-0.1, -0.05) is 6.92 Å². The van der Waals surface area contributed by atoms with Gasteiger partial charge in [0, 0.05) is 6.61 Å². The Balaban J connectivity index is 3.98. The zero-order chi connectivity index (χ0) is 8.91. The van der Waals surface area contributed by atoms with Crippen LogP contribution in [0.1, 0.15) is 33.6 Å². The molecule has 66 valence electrons. The molecule has 11 heavy (non-hydrogen) atoms. The van der Waals surface area contributed by atoms with Gasteiger partial charge >= 0.3 is 0 Å². The fourth-order valence-corrected chi connectivity index (χ4v) is 0.936. The summed E-state index contributed by atoms with van der Waals surface area (Å²) in [6, 6.07) is 0. The van der Waals surface area contributed by atoms with Crippen molar-refractivity contribution >= 4 is 5.78 Å². The van der Waals surface area contributed by atoms with Gasteiger partial charge in [-0.05, 0) is 20.3 Å². The molecule has 0 spiro atoms. The lowest BCUT2D eigenvalue weighted by Gasteiger charge is -2.24. The van der Waals surface area contributed by atoms with E-state index in [1.165, 1.54) is 6.92 Å². The topological polar surface area (TPSA) is 46.5 Å². The van der Waals surface area contributed by atoms with Crippen LogP contribution in [0.4, 0.5) is 0 Å². The molecule has 0 aliphatic heterocycles. The van der Waals surface area contributed by atoms with E-state index in [1.54, 1.807) is 13.8 Å². The zero-order valence-corrected chi connectivity index (χ0v) is 7.39. The molecule has 0 aliphatic rings. The lowest BCUT2D eigenvalue weighted by atomic mass is 10.1. The highest BCUT2D eigenvalue weighted by Gasteiger charge is 2.26. The van der Waals surface area contributed by atoms with Crippen LogP contribution in [0.15, 0.2) is 0 Å². The highest BCUT2D eigenvalue weighted by molar-refractivity contribution is 5.76. The molecule has 0 aliphatic carbocycles. The van der Waals surface area contributed by atoms with Crippen molar-refractivity contribution in [1.29, 1.82) is 0 Å². The third kappa shape index (κ3) is 4.11. The number of ether oxygens (including phenoxy) is 1. The molecule has 0 saturated carbocycles.